The Morgan fingerprint density at radius 2 is 2.19 bits per heavy atom. The predicted molar refractivity (Wildman–Crippen MR) is 60.6 cm³/mol. The Bertz CT molecular complexity index is 330. The van der Waals surface area contributed by atoms with E-state index in [1.165, 1.54) is 0 Å². The molecule has 0 aromatic heterocycles. The van der Waals surface area contributed by atoms with E-state index in [2.05, 4.69) is 24.8 Å². The maximum atomic E-state index is 12.1. The number of amides is 1. The third-order valence-electron chi connectivity index (χ3n) is 3.83. The number of nitriles is 1. The Morgan fingerprint density at radius 1 is 1.50 bits per heavy atom. The molecule has 0 aromatic rings. The van der Waals surface area contributed by atoms with E-state index in [-0.39, 0.29) is 5.91 Å². The van der Waals surface area contributed by atoms with Crippen molar-refractivity contribution in [2.24, 2.45) is 5.41 Å². The van der Waals surface area contributed by atoms with Gasteiger partial charge < -0.3 is 4.90 Å². The van der Waals surface area contributed by atoms with Crippen LogP contribution in [-0.2, 0) is 4.79 Å². The van der Waals surface area contributed by atoms with E-state index in [1.807, 2.05) is 4.90 Å². The molecule has 2 aliphatic rings. The molecule has 2 fully saturated rings. The Labute approximate surface area is 96.8 Å². The minimum Gasteiger partial charge on any atom is -0.338 e. The molecule has 0 spiro atoms. The third-order valence-corrected chi connectivity index (χ3v) is 3.83. The summed E-state index contributed by atoms with van der Waals surface area (Å²) >= 11 is 0. The van der Waals surface area contributed by atoms with Gasteiger partial charge in [-0.2, -0.15) is 5.26 Å². The first-order valence-electron chi connectivity index (χ1n) is 6.07. The van der Waals surface area contributed by atoms with Crippen molar-refractivity contribution in [3.63, 3.8) is 0 Å². The lowest BCUT2D eigenvalue weighted by Crippen LogP contribution is -2.54. The van der Waals surface area contributed by atoms with Gasteiger partial charge in [-0.15, -0.1) is 0 Å². The van der Waals surface area contributed by atoms with Gasteiger partial charge in [0.2, 0.25) is 5.91 Å². The van der Waals surface area contributed by atoms with E-state index < -0.39 is 5.41 Å². The van der Waals surface area contributed by atoms with Gasteiger partial charge in [-0.1, -0.05) is 6.92 Å². The average Bonchev–Trinajstić information content (AvgIpc) is 3.09. The Kier molecular flexibility index (Phi) is 2.90. The first-order chi connectivity index (χ1) is 7.63. The van der Waals surface area contributed by atoms with Crippen molar-refractivity contribution >= 4 is 5.91 Å². The van der Waals surface area contributed by atoms with Crippen molar-refractivity contribution in [1.82, 2.24) is 9.80 Å². The topological polar surface area (TPSA) is 47.3 Å². The molecule has 4 nitrogen and oxygen atoms in total. The molecule has 1 aliphatic heterocycles. The number of hydrogen-bond acceptors (Lipinski definition) is 3. The molecule has 0 N–H and O–H groups in total. The maximum Gasteiger partial charge on any atom is 0.243 e. The van der Waals surface area contributed by atoms with E-state index in [9.17, 15) is 4.79 Å². The van der Waals surface area contributed by atoms with Gasteiger partial charge >= 0.3 is 0 Å². The van der Waals surface area contributed by atoms with Crippen LogP contribution in [0.15, 0.2) is 0 Å². The molecule has 2 rings (SSSR count). The lowest BCUT2D eigenvalue weighted by Gasteiger charge is -2.40. The molecule has 1 amide bonds. The monoisotopic (exact) mass is 221 g/mol. The average molecular weight is 221 g/mol. The molecule has 0 bridgehead atoms. The summed E-state index contributed by atoms with van der Waals surface area (Å²) in [6.07, 6.45) is 1.51. The maximum absolute atomic E-state index is 12.1. The van der Waals surface area contributed by atoms with Crippen LogP contribution in [0.5, 0.6) is 0 Å². The van der Waals surface area contributed by atoms with Gasteiger partial charge in [0.15, 0.2) is 0 Å². The van der Waals surface area contributed by atoms with Crippen molar-refractivity contribution in [2.45, 2.75) is 32.7 Å². The van der Waals surface area contributed by atoms with Crippen LogP contribution in [0.25, 0.3) is 0 Å². The summed E-state index contributed by atoms with van der Waals surface area (Å²) in [6, 6.07) is 2.60. The largest absolute Gasteiger partial charge is 0.338 e. The van der Waals surface area contributed by atoms with Crippen molar-refractivity contribution in [2.75, 3.05) is 26.2 Å². The molecule has 1 saturated heterocycles. The summed E-state index contributed by atoms with van der Waals surface area (Å²) in [4.78, 5) is 16.4. The molecule has 1 unspecified atom stereocenters. The highest BCUT2D eigenvalue weighted by molar-refractivity contribution is 5.88. The minimum atomic E-state index is -0.645. The van der Waals surface area contributed by atoms with Crippen molar-refractivity contribution in [3.05, 3.63) is 0 Å². The van der Waals surface area contributed by atoms with Crippen LogP contribution >= 0.6 is 0 Å². The van der Waals surface area contributed by atoms with E-state index >= 15 is 0 Å². The SMILES string of the molecule is CCN1CCN(C(=O)C2(C#N)CC2)CC1C. The predicted octanol–water partition coefficient (Wildman–Crippen LogP) is 0.843. The molecular weight excluding hydrogens is 202 g/mol. The fraction of sp³-hybridized carbons (Fsp3) is 0.833. The molecule has 1 saturated carbocycles. The Morgan fingerprint density at radius 3 is 2.62 bits per heavy atom. The van der Waals surface area contributed by atoms with Crippen molar-refractivity contribution < 1.29 is 4.79 Å². The highest BCUT2D eigenvalue weighted by Gasteiger charge is 2.53. The number of hydrogen-bond donors (Lipinski definition) is 0. The van der Waals surface area contributed by atoms with Crippen molar-refractivity contribution in [3.8, 4) is 6.07 Å². The lowest BCUT2D eigenvalue weighted by atomic mass is 10.1. The second-order valence-electron chi connectivity index (χ2n) is 4.92. The van der Waals surface area contributed by atoms with E-state index in [0.717, 1.165) is 39.0 Å². The number of piperazine rings is 1. The van der Waals surface area contributed by atoms with Crippen LogP contribution in [0.4, 0.5) is 0 Å². The zero-order chi connectivity index (χ0) is 11.8. The van der Waals surface area contributed by atoms with Gasteiger partial charge in [-0.25, -0.2) is 0 Å². The zero-order valence-electron chi connectivity index (χ0n) is 10.1. The van der Waals surface area contributed by atoms with Gasteiger partial charge in [0.25, 0.3) is 0 Å². The zero-order valence-corrected chi connectivity index (χ0v) is 10.1. The fourth-order valence-corrected chi connectivity index (χ4v) is 2.45. The summed E-state index contributed by atoms with van der Waals surface area (Å²) in [5, 5.41) is 9.01. The van der Waals surface area contributed by atoms with E-state index in [1.54, 1.807) is 0 Å². The number of carbonyl (C=O) groups is 1. The van der Waals surface area contributed by atoms with Gasteiger partial charge in [-0.3, -0.25) is 9.69 Å². The van der Waals surface area contributed by atoms with Crippen LogP contribution in [0, 0.1) is 16.7 Å². The lowest BCUT2D eigenvalue weighted by molar-refractivity contribution is -0.137. The second-order valence-corrected chi connectivity index (χ2v) is 4.92. The van der Waals surface area contributed by atoms with E-state index in [0.29, 0.717) is 6.04 Å². The van der Waals surface area contributed by atoms with E-state index in [4.69, 9.17) is 5.26 Å². The number of carbonyl (C=O) groups excluding carboxylic acids is 1. The summed E-state index contributed by atoms with van der Waals surface area (Å²) in [7, 11) is 0. The van der Waals surface area contributed by atoms with Crippen LogP contribution < -0.4 is 0 Å². The molecule has 1 aliphatic carbocycles. The molecule has 0 aromatic carbocycles. The third kappa shape index (κ3) is 1.80. The minimum absolute atomic E-state index is 0.0672. The normalized spacial score (nSPS) is 28.6. The molecule has 4 heteroatoms. The quantitative estimate of drug-likeness (QED) is 0.694. The molecule has 16 heavy (non-hydrogen) atoms. The van der Waals surface area contributed by atoms with Crippen LogP contribution in [-0.4, -0.2) is 47.9 Å². The molecule has 0 radical (unpaired) electrons. The number of likely N-dealkylation sites (N-methyl/N-ethyl adjacent to an activating group) is 1. The second kappa shape index (κ2) is 4.06. The van der Waals surface area contributed by atoms with Gasteiger partial charge in [0.05, 0.1) is 6.07 Å². The van der Waals surface area contributed by atoms with Gasteiger partial charge in [-0.05, 0) is 26.3 Å². The molecule has 88 valence electrons. The van der Waals surface area contributed by atoms with Crippen LogP contribution in [0.1, 0.15) is 26.7 Å². The Balaban J connectivity index is 1.98. The number of rotatable bonds is 2. The first-order valence-corrected chi connectivity index (χ1v) is 6.07. The van der Waals surface area contributed by atoms with Crippen LogP contribution in [0.3, 0.4) is 0 Å². The highest BCUT2D eigenvalue weighted by Crippen LogP contribution is 2.46. The van der Waals surface area contributed by atoms with Gasteiger partial charge in [0.1, 0.15) is 5.41 Å². The molecular formula is C12H19N3O. The molecule has 1 atom stereocenters. The summed E-state index contributed by atoms with van der Waals surface area (Å²) in [6.45, 7) is 7.81. The van der Waals surface area contributed by atoms with Crippen molar-refractivity contribution in [1.29, 1.82) is 5.26 Å². The Hall–Kier alpha value is -1.08. The summed E-state index contributed by atoms with van der Waals surface area (Å²) < 4.78 is 0. The smallest absolute Gasteiger partial charge is 0.243 e. The highest BCUT2D eigenvalue weighted by atomic mass is 16.2. The standard InChI is InChI=1S/C12H19N3O/c1-3-14-6-7-15(8-10(14)2)11(16)12(9-13)4-5-12/h10H,3-8H2,1-2H3. The van der Waals surface area contributed by atoms with Gasteiger partial charge in [0, 0.05) is 25.7 Å². The fourth-order valence-electron chi connectivity index (χ4n) is 2.45. The summed E-state index contributed by atoms with van der Waals surface area (Å²) in [5.41, 5.74) is -0.645. The number of nitrogens with zero attached hydrogens (tertiary/aromatic N) is 3. The summed E-state index contributed by atoms with van der Waals surface area (Å²) in [5.74, 6) is 0.0672. The molecule has 1 heterocycles. The first kappa shape index (κ1) is 11.4. The van der Waals surface area contributed by atoms with Crippen LogP contribution in [0.2, 0.25) is 0 Å².